The Morgan fingerprint density at radius 3 is 2.48 bits per heavy atom. The molecule has 0 radical (unpaired) electrons. The molecule has 23 heavy (non-hydrogen) atoms. The van der Waals surface area contributed by atoms with Crippen LogP contribution in [-0.2, 0) is 17.8 Å². The van der Waals surface area contributed by atoms with Crippen molar-refractivity contribution in [3.63, 3.8) is 0 Å². The summed E-state index contributed by atoms with van der Waals surface area (Å²) in [5.41, 5.74) is 14.0. The van der Waals surface area contributed by atoms with Gasteiger partial charge in [-0.1, -0.05) is 26.0 Å². The fraction of sp³-hybridized carbons (Fsp3) is 0.333. The molecule has 4 rings (SSSR count). The lowest BCUT2D eigenvalue weighted by molar-refractivity contribution is -0.242. The molecule has 1 aliphatic carbocycles. The van der Waals surface area contributed by atoms with E-state index >= 15 is 0 Å². The number of hydrogen-bond acceptors (Lipinski definition) is 5. The maximum Gasteiger partial charge on any atom is 0.271 e. The van der Waals surface area contributed by atoms with E-state index in [2.05, 4.69) is 13.8 Å². The van der Waals surface area contributed by atoms with Gasteiger partial charge in [-0.15, -0.1) is 0 Å². The standard InChI is InChI=1S/C18H20N2O3/c1-9(2)10-3-4-12-15(7-10)23-18(22)16-11(8-17(12,18)21)13(19)5-6-14(16)20/h3-7,9,21-22H,8,19-20H2,1-2H3. The number of benzene rings is 2. The molecule has 2 aromatic carbocycles. The maximum atomic E-state index is 11.3. The molecule has 0 aromatic heterocycles. The Hall–Kier alpha value is -2.24. The van der Waals surface area contributed by atoms with Crippen LogP contribution in [0.25, 0.3) is 0 Å². The van der Waals surface area contributed by atoms with Crippen LogP contribution in [0.2, 0.25) is 0 Å². The van der Waals surface area contributed by atoms with Gasteiger partial charge < -0.3 is 26.4 Å². The van der Waals surface area contributed by atoms with Gasteiger partial charge in [0.1, 0.15) is 5.75 Å². The molecule has 0 spiro atoms. The third kappa shape index (κ3) is 1.58. The fourth-order valence-corrected chi connectivity index (χ4v) is 3.75. The van der Waals surface area contributed by atoms with Crippen molar-refractivity contribution in [2.45, 2.75) is 37.6 Å². The molecule has 2 atom stereocenters. The van der Waals surface area contributed by atoms with E-state index in [0.29, 0.717) is 39.7 Å². The van der Waals surface area contributed by atoms with E-state index in [1.807, 2.05) is 18.2 Å². The van der Waals surface area contributed by atoms with Crippen LogP contribution in [0.4, 0.5) is 11.4 Å². The Labute approximate surface area is 134 Å². The molecular weight excluding hydrogens is 292 g/mol. The second-order valence-corrected chi connectivity index (χ2v) is 6.79. The number of rotatable bonds is 1. The third-order valence-electron chi connectivity index (χ3n) is 5.09. The summed E-state index contributed by atoms with van der Waals surface area (Å²) >= 11 is 0. The third-order valence-corrected chi connectivity index (χ3v) is 5.09. The Balaban J connectivity index is 1.94. The van der Waals surface area contributed by atoms with Crippen molar-refractivity contribution in [2.75, 3.05) is 11.5 Å². The number of fused-ring (bicyclic) bond motifs is 5. The average molecular weight is 312 g/mol. The normalized spacial score (nSPS) is 27.5. The van der Waals surface area contributed by atoms with E-state index in [1.165, 1.54) is 0 Å². The smallest absolute Gasteiger partial charge is 0.271 e. The minimum absolute atomic E-state index is 0.170. The first-order valence-electron chi connectivity index (χ1n) is 7.73. The predicted molar refractivity (Wildman–Crippen MR) is 87.9 cm³/mol. The van der Waals surface area contributed by atoms with Gasteiger partial charge in [0.05, 0.1) is 5.56 Å². The van der Waals surface area contributed by atoms with Gasteiger partial charge in [0, 0.05) is 23.4 Å². The Morgan fingerprint density at radius 1 is 1.09 bits per heavy atom. The van der Waals surface area contributed by atoms with Crippen LogP contribution in [0.3, 0.4) is 0 Å². The SMILES string of the molecule is CC(C)c1ccc2c(c1)OC1(O)c3c(N)ccc(N)c3CC21O. The Kier molecular flexibility index (Phi) is 2.61. The molecular formula is C18H20N2O3. The largest absolute Gasteiger partial charge is 0.454 e. The summed E-state index contributed by atoms with van der Waals surface area (Å²) in [6.45, 7) is 4.16. The maximum absolute atomic E-state index is 11.3. The molecule has 5 nitrogen and oxygen atoms in total. The van der Waals surface area contributed by atoms with Gasteiger partial charge in [-0.05, 0) is 35.2 Å². The lowest BCUT2D eigenvalue weighted by atomic mass is 9.86. The molecule has 5 heteroatoms. The number of anilines is 2. The second kappa shape index (κ2) is 4.19. The summed E-state index contributed by atoms with van der Waals surface area (Å²) in [5.74, 6) is -1.09. The number of ether oxygens (including phenoxy) is 1. The molecule has 0 fully saturated rings. The van der Waals surface area contributed by atoms with Crippen LogP contribution in [0.15, 0.2) is 30.3 Å². The van der Waals surface area contributed by atoms with Gasteiger partial charge in [0.25, 0.3) is 5.79 Å². The first-order chi connectivity index (χ1) is 10.8. The van der Waals surface area contributed by atoms with Crippen LogP contribution in [0.1, 0.15) is 42.0 Å². The highest BCUT2D eigenvalue weighted by molar-refractivity contribution is 5.70. The van der Waals surface area contributed by atoms with Crippen LogP contribution >= 0.6 is 0 Å². The average Bonchev–Trinajstić information content (AvgIpc) is 2.85. The van der Waals surface area contributed by atoms with E-state index < -0.39 is 11.4 Å². The first kappa shape index (κ1) is 14.4. The predicted octanol–water partition coefficient (Wildman–Crippen LogP) is 1.96. The fourth-order valence-electron chi connectivity index (χ4n) is 3.75. The van der Waals surface area contributed by atoms with Gasteiger partial charge >= 0.3 is 0 Å². The topological polar surface area (TPSA) is 102 Å². The van der Waals surface area contributed by atoms with E-state index in [1.54, 1.807) is 12.1 Å². The van der Waals surface area contributed by atoms with Crippen molar-refractivity contribution in [1.82, 2.24) is 0 Å². The van der Waals surface area contributed by atoms with Crippen molar-refractivity contribution >= 4 is 11.4 Å². The Bertz CT molecular complexity index is 833. The monoisotopic (exact) mass is 312 g/mol. The zero-order chi connectivity index (χ0) is 16.6. The zero-order valence-electron chi connectivity index (χ0n) is 13.1. The van der Waals surface area contributed by atoms with Crippen molar-refractivity contribution in [2.24, 2.45) is 0 Å². The molecule has 0 amide bonds. The van der Waals surface area contributed by atoms with Crippen LogP contribution < -0.4 is 16.2 Å². The molecule has 2 aromatic rings. The van der Waals surface area contributed by atoms with Crippen LogP contribution in [-0.4, -0.2) is 10.2 Å². The van der Waals surface area contributed by atoms with Crippen molar-refractivity contribution in [3.8, 4) is 5.75 Å². The summed E-state index contributed by atoms with van der Waals surface area (Å²) in [4.78, 5) is 0. The van der Waals surface area contributed by atoms with Crippen molar-refractivity contribution < 1.29 is 14.9 Å². The van der Waals surface area contributed by atoms with Crippen molar-refractivity contribution in [1.29, 1.82) is 0 Å². The molecule has 1 heterocycles. The van der Waals surface area contributed by atoms with Gasteiger partial charge in [-0.3, -0.25) is 0 Å². The molecule has 0 bridgehead atoms. The summed E-state index contributed by atoms with van der Waals surface area (Å²) in [5, 5.41) is 22.4. The number of aliphatic hydroxyl groups is 2. The quantitative estimate of drug-likeness (QED) is 0.603. The molecule has 0 saturated heterocycles. The minimum atomic E-state index is -1.90. The highest BCUT2D eigenvalue weighted by atomic mass is 16.7. The molecule has 120 valence electrons. The second-order valence-electron chi connectivity index (χ2n) is 6.79. The van der Waals surface area contributed by atoms with Crippen molar-refractivity contribution in [3.05, 3.63) is 52.6 Å². The lowest BCUT2D eigenvalue weighted by Gasteiger charge is -2.30. The zero-order valence-corrected chi connectivity index (χ0v) is 13.1. The van der Waals surface area contributed by atoms with E-state index in [0.717, 1.165) is 5.56 Å². The Morgan fingerprint density at radius 2 is 1.78 bits per heavy atom. The molecule has 6 N–H and O–H groups in total. The summed E-state index contributed by atoms with van der Waals surface area (Å²) in [6, 6.07) is 8.96. The highest BCUT2D eigenvalue weighted by Gasteiger charge is 2.66. The number of nitrogen functional groups attached to an aromatic ring is 2. The molecule has 1 aliphatic heterocycles. The van der Waals surface area contributed by atoms with Gasteiger partial charge in [0.15, 0.2) is 5.60 Å². The number of nitrogens with two attached hydrogens (primary N) is 2. The number of hydrogen-bond donors (Lipinski definition) is 4. The van der Waals surface area contributed by atoms with Crippen LogP contribution in [0.5, 0.6) is 5.75 Å². The summed E-state index contributed by atoms with van der Waals surface area (Å²) in [7, 11) is 0. The van der Waals surface area contributed by atoms with Gasteiger partial charge in [-0.2, -0.15) is 0 Å². The van der Waals surface area contributed by atoms with E-state index in [-0.39, 0.29) is 6.42 Å². The van der Waals surface area contributed by atoms with Gasteiger partial charge in [-0.25, -0.2) is 0 Å². The summed E-state index contributed by atoms with van der Waals surface area (Å²) < 4.78 is 5.84. The molecule has 2 aliphatic rings. The van der Waals surface area contributed by atoms with Crippen LogP contribution in [0, 0.1) is 0 Å². The first-order valence-corrected chi connectivity index (χ1v) is 7.73. The molecule has 0 saturated carbocycles. The summed E-state index contributed by atoms with van der Waals surface area (Å²) in [6.07, 6.45) is 0.170. The van der Waals surface area contributed by atoms with Gasteiger partial charge in [0.2, 0.25) is 0 Å². The van der Waals surface area contributed by atoms with E-state index in [9.17, 15) is 10.2 Å². The highest BCUT2D eigenvalue weighted by Crippen LogP contribution is 2.60. The lowest BCUT2D eigenvalue weighted by Crippen LogP contribution is -2.46. The van der Waals surface area contributed by atoms with E-state index in [4.69, 9.17) is 16.2 Å². The molecule has 2 unspecified atom stereocenters. The minimum Gasteiger partial charge on any atom is -0.454 e.